The van der Waals surface area contributed by atoms with Crippen molar-refractivity contribution in [1.82, 2.24) is 15.0 Å². The van der Waals surface area contributed by atoms with Gasteiger partial charge in [-0.15, -0.1) is 11.3 Å². The van der Waals surface area contributed by atoms with Gasteiger partial charge in [0.05, 0.1) is 6.04 Å². The first-order valence-electron chi connectivity index (χ1n) is 6.49. The minimum absolute atomic E-state index is 0.103. The molecule has 2 aromatic heterocycles. The standard InChI is InChI=1S/C13H16BrN5OS/c1-4-10(11-9(14)5-6-21-11)18-13-16-7(2)15-12(19-13)17-8(3)20/h5-6,10H,4H2,1-3H3,(H2,15,16,17,18,19,20). The molecule has 1 amide bonds. The number of carbonyl (C=O) groups excluding carboxylic acids is 1. The molecule has 0 aromatic carbocycles. The Morgan fingerprint density at radius 1 is 1.38 bits per heavy atom. The maximum absolute atomic E-state index is 11.1. The summed E-state index contributed by atoms with van der Waals surface area (Å²) in [5, 5.41) is 7.90. The molecule has 2 heterocycles. The van der Waals surface area contributed by atoms with Crippen LogP contribution in [0.5, 0.6) is 0 Å². The second kappa shape index (κ2) is 6.95. The molecule has 0 aliphatic heterocycles. The van der Waals surface area contributed by atoms with E-state index in [1.165, 1.54) is 11.8 Å². The Morgan fingerprint density at radius 2 is 2.10 bits per heavy atom. The average Bonchev–Trinajstić information content (AvgIpc) is 2.80. The van der Waals surface area contributed by atoms with E-state index in [0.29, 0.717) is 11.8 Å². The third-order valence-corrected chi connectivity index (χ3v) is 4.69. The second-order valence-electron chi connectivity index (χ2n) is 4.45. The lowest BCUT2D eigenvalue weighted by Gasteiger charge is -2.16. The summed E-state index contributed by atoms with van der Waals surface area (Å²) in [4.78, 5) is 24.9. The van der Waals surface area contributed by atoms with Gasteiger partial charge in [-0.05, 0) is 40.7 Å². The summed E-state index contributed by atoms with van der Waals surface area (Å²) in [6.45, 7) is 5.27. The minimum atomic E-state index is -0.209. The molecule has 1 unspecified atom stereocenters. The fourth-order valence-electron chi connectivity index (χ4n) is 1.82. The smallest absolute Gasteiger partial charge is 0.234 e. The predicted octanol–water partition coefficient (Wildman–Crippen LogP) is 3.53. The SMILES string of the molecule is CCC(Nc1nc(C)nc(NC(C)=O)n1)c1sccc1Br. The monoisotopic (exact) mass is 369 g/mol. The molecule has 6 nitrogen and oxygen atoms in total. The molecule has 0 spiro atoms. The van der Waals surface area contributed by atoms with Crippen molar-refractivity contribution in [3.63, 3.8) is 0 Å². The summed E-state index contributed by atoms with van der Waals surface area (Å²) in [7, 11) is 0. The van der Waals surface area contributed by atoms with Gasteiger partial charge in [-0.25, -0.2) is 0 Å². The molecule has 0 saturated carbocycles. The topological polar surface area (TPSA) is 79.8 Å². The average molecular weight is 370 g/mol. The third-order valence-electron chi connectivity index (χ3n) is 2.71. The summed E-state index contributed by atoms with van der Waals surface area (Å²) in [5.74, 6) is 1.06. The quantitative estimate of drug-likeness (QED) is 0.842. The van der Waals surface area contributed by atoms with Crippen LogP contribution >= 0.6 is 27.3 Å². The molecule has 0 bridgehead atoms. The number of rotatable bonds is 5. The molecule has 0 aliphatic rings. The van der Waals surface area contributed by atoms with Crippen LogP contribution in [0.15, 0.2) is 15.9 Å². The highest BCUT2D eigenvalue weighted by Crippen LogP contribution is 2.32. The molecule has 0 fully saturated rings. The van der Waals surface area contributed by atoms with E-state index >= 15 is 0 Å². The van der Waals surface area contributed by atoms with Crippen LogP contribution in [-0.2, 0) is 4.79 Å². The van der Waals surface area contributed by atoms with Gasteiger partial charge in [-0.3, -0.25) is 10.1 Å². The van der Waals surface area contributed by atoms with Gasteiger partial charge in [0.1, 0.15) is 5.82 Å². The highest BCUT2D eigenvalue weighted by atomic mass is 79.9. The summed E-state index contributed by atoms with van der Waals surface area (Å²) >= 11 is 5.21. The van der Waals surface area contributed by atoms with Crippen LogP contribution in [-0.4, -0.2) is 20.9 Å². The third kappa shape index (κ3) is 4.21. The van der Waals surface area contributed by atoms with Crippen LogP contribution in [0, 0.1) is 6.92 Å². The molecule has 0 saturated heterocycles. The van der Waals surface area contributed by atoms with Gasteiger partial charge < -0.3 is 5.32 Å². The van der Waals surface area contributed by atoms with Gasteiger partial charge in [0.2, 0.25) is 17.8 Å². The van der Waals surface area contributed by atoms with Crippen molar-refractivity contribution in [3.05, 3.63) is 26.6 Å². The maximum Gasteiger partial charge on any atom is 0.234 e. The molecule has 0 radical (unpaired) electrons. The molecule has 0 aliphatic carbocycles. The van der Waals surface area contributed by atoms with E-state index in [9.17, 15) is 4.79 Å². The number of anilines is 2. The molecule has 2 N–H and O–H groups in total. The molecular weight excluding hydrogens is 354 g/mol. The molecule has 2 rings (SSSR count). The number of hydrogen-bond acceptors (Lipinski definition) is 6. The lowest BCUT2D eigenvalue weighted by molar-refractivity contribution is -0.114. The lowest BCUT2D eigenvalue weighted by atomic mass is 10.2. The fourth-order valence-corrected chi connectivity index (χ4v) is 3.61. The number of aromatic nitrogens is 3. The van der Waals surface area contributed by atoms with E-state index in [2.05, 4.69) is 48.4 Å². The Morgan fingerprint density at radius 3 is 2.67 bits per heavy atom. The van der Waals surface area contributed by atoms with Gasteiger partial charge in [-0.2, -0.15) is 15.0 Å². The van der Waals surface area contributed by atoms with Crippen LogP contribution in [0.1, 0.15) is 37.0 Å². The van der Waals surface area contributed by atoms with Gasteiger partial charge in [0, 0.05) is 16.3 Å². The summed E-state index contributed by atoms with van der Waals surface area (Å²) in [6.07, 6.45) is 0.888. The van der Waals surface area contributed by atoms with Crippen LogP contribution in [0.2, 0.25) is 0 Å². The van der Waals surface area contributed by atoms with Crippen molar-refractivity contribution in [1.29, 1.82) is 0 Å². The van der Waals surface area contributed by atoms with E-state index in [0.717, 1.165) is 10.9 Å². The second-order valence-corrected chi connectivity index (χ2v) is 6.25. The number of amides is 1. The highest BCUT2D eigenvalue weighted by Gasteiger charge is 2.16. The normalized spacial score (nSPS) is 12.0. The van der Waals surface area contributed by atoms with Gasteiger partial charge in [0.25, 0.3) is 0 Å². The van der Waals surface area contributed by atoms with E-state index < -0.39 is 0 Å². The van der Waals surface area contributed by atoms with E-state index in [-0.39, 0.29) is 17.9 Å². The van der Waals surface area contributed by atoms with Crippen LogP contribution < -0.4 is 10.6 Å². The van der Waals surface area contributed by atoms with Crippen molar-refractivity contribution in [2.45, 2.75) is 33.2 Å². The Labute approximate surface area is 135 Å². The van der Waals surface area contributed by atoms with Crippen molar-refractivity contribution >= 4 is 45.1 Å². The highest BCUT2D eigenvalue weighted by molar-refractivity contribution is 9.10. The number of halogens is 1. The number of hydrogen-bond donors (Lipinski definition) is 2. The first kappa shape index (κ1) is 15.8. The number of thiophene rings is 1. The number of carbonyl (C=O) groups is 1. The fraction of sp³-hybridized carbons (Fsp3) is 0.385. The molecule has 1 atom stereocenters. The lowest BCUT2D eigenvalue weighted by Crippen LogP contribution is -2.15. The number of nitrogens with one attached hydrogen (secondary N) is 2. The number of nitrogens with zero attached hydrogens (tertiary/aromatic N) is 3. The summed E-state index contributed by atoms with van der Waals surface area (Å²) in [5.41, 5.74) is 0. The molecule has 112 valence electrons. The molecule has 2 aromatic rings. The maximum atomic E-state index is 11.1. The predicted molar refractivity (Wildman–Crippen MR) is 87.5 cm³/mol. The van der Waals surface area contributed by atoms with Gasteiger partial charge in [0.15, 0.2) is 0 Å². The van der Waals surface area contributed by atoms with Crippen molar-refractivity contribution in [3.8, 4) is 0 Å². The Kier molecular flexibility index (Phi) is 5.24. The van der Waals surface area contributed by atoms with Crippen LogP contribution in [0.3, 0.4) is 0 Å². The zero-order valence-electron chi connectivity index (χ0n) is 12.0. The zero-order valence-corrected chi connectivity index (χ0v) is 14.4. The Balaban J connectivity index is 2.23. The van der Waals surface area contributed by atoms with Crippen LogP contribution in [0.4, 0.5) is 11.9 Å². The largest absolute Gasteiger partial charge is 0.346 e. The van der Waals surface area contributed by atoms with E-state index in [1.807, 2.05) is 11.4 Å². The molecule has 8 heteroatoms. The van der Waals surface area contributed by atoms with Crippen LogP contribution in [0.25, 0.3) is 0 Å². The molecular formula is C13H16BrN5OS. The Bertz CT molecular complexity index is 645. The summed E-state index contributed by atoms with van der Waals surface area (Å²) in [6, 6.07) is 2.12. The summed E-state index contributed by atoms with van der Waals surface area (Å²) < 4.78 is 1.07. The molecule has 21 heavy (non-hydrogen) atoms. The zero-order chi connectivity index (χ0) is 15.4. The first-order chi connectivity index (χ1) is 9.99. The van der Waals surface area contributed by atoms with E-state index in [4.69, 9.17) is 0 Å². The minimum Gasteiger partial charge on any atom is -0.346 e. The Hall–Kier alpha value is -1.54. The van der Waals surface area contributed by atoms with Crippen molar-refractivity contribution in [2.75, 3.05) is 10.6 Å². The van der Waals surface area contributed by atoms with Crippen molar-refractivity contribution in [2.24, 2.45) is 0 Å². The van der Waals surface area contributed by atoms with Crippen molar-refractivity contribution < 1.29 is 4.79 Å². The van der Waals surface area contributed by atoms with E-state index in [1.54, 1.807) is 18.3 Å². The van der Waals surface area contributed by atoms with Gasteiger partial charge in [-0.1, -0.05) is 6.92 Å². The first-order valence-corrected chi connectivity index (χ1v) is 8.16. The number of aryl methyl sites for hydroxylation is 1. The van der Waals surface area contributed by atoms with Gasteiger partial charge >= 0.3 is 0 Å².